The Morgan fingerprint density at radius 2 is 1.95 bits per heavy atom. The zero-order valence-electron chi connectivity index (χ0n) is 10.6. The van der Waals surface area contributed by atoms with E-state index < -0.39 is 5.97 Å². The molecule has 1 heterocycles. The summed E-state index contributed by atoms with van der Waals surface area (Å²) in [6.45, 7) is 0. The summed E-state index contributed by atoms with van der Waals surface area (Å²) >= 11 is 0. The molecule has 0 bridgehead atoms. The van der Waals surface area contributed by atoms with Crippen LogP contribution < -0.4 is 9.47 Å². The average molecular weight is 259 g/mol. The quantitative estimate of drug-likeness (QED) is 0.913. The van der Waals surface area contributed by atoms with Gasteiger partial charge >= 0.3 is 5.97 Å². The van der Waals surface area contributed by atoms with Crippen LogP contribution in [0.5, 0.6) is 11.5 Å². The SMILES string of the molecule is COc1ccc(OC)c(-c2cccnc2C(=O)O)c1. The number of hydrogen-bond acceptors (Lipinski definition) is 4. The standard InChI is InChI=1S/C14H13NO4/c1-18-9-5-6-12(19-2)11(8-9)10-4-3-7-15-13(10)14(16)17/h3-8H,1-2H3,(H,16,17). The Bertz CT molecular complexity index is 610. The second-order valence-electron chi connectivity index (χ2n) is 3.77. The van der Waals surface area contributed by atoms with Gasteiger partial charge in [0, 0.05) is 17.3 Å². The van der Waals surface area contributed by atoms with E-state index >= 15 is 0 Å². The van der Waals surface area contributed by atoms with Crippen LogP contribution >= 0.6 is 0 Å². The summed E-state index contributed by atoms with van der Waals surface area (Å²) in [5, 5.41) is 9.18. The largest absolute Gasteiger partial charge is 0.497 e. The van der Waals surface area contributed by atoms with Crippen LogP contribution in [0.2, 0.25) is 0 Å². The van der Waals surface area contributed by atoms with Crippen LogP contribution in [-0.4, -0.2) is 30.3 Å². The Hall–Kier alpha value is -2.56. The minimum absolute atomic E-state index is 0.0194. The Morgan fingerprint density at radius 3 is 2.58 bits per heavy atom. The van der Waals surface area contributed by atoms with E-state index in [1.54, 1.807) is 37.4 Å². The first-order valence-electron chi connectivity index (χ1n) is 5.58. The van der Waals surface area contributed by atoms with Crippen molar-refractivity contribution >= 4 is 5.97 Å². The fourth-order valence-electron chi connectivity index (χ4n) is 1.82. The minimum Gasteiger partial charge on any atom is -0.497 e. The zero-order valence-corrected chi connectivity index (χ0v) is 10.6. The highest BCUT2D eigenvalue weighted by molar-refractivity contribution is 5.95. The first-order valence-corrected chi connectivity index (χ1v) is 5.58. The molecule has 0 fully saturated rings. The lowest BCUT2D eigenvalue weighted by Gasteiger charge is -2.12. The Morgan fingerprint density at radius 1 is 1.16 bits per heavy atom. The van der Waals surface area contributed by atoms with Gasteiger partial charge in [-0.25, -0.2) is 9.78 Å². The molecule has 0 spiro atoms. The minimum atomic E-state index is -1.08. The zero-order chi connectivity index (χ0) is 13.8. The van der Waals surface area contributed by atoms with Crippen molar-refractivity contribution in [1.82, 2.24) is 4.98 Å². The first kappa shape index (κ1) is 12.9. The van der Waals surface area contributed by atoms with E-state index in [-0.39, 0.29) is 5.69 Å². The summed E-state index contributed by atoms with van der Waals surface area (Å²) in [6, 6.07) is 8.57. The monoisotopic (exact) mass is 259 g/mol. The van der Waals surface area contributed by atoms with E-state index in [0.717, 1.165) is 0 Å². The number of carboxylic acids is 1. The summed E-state index contributed by atoms with van der Waals surface area (Å²) in [5.74, 6) is 0.104. The van der Waals surface area contributed by atoms with Gasteiger partial charge in [-0.05, 0) is 24.3 Å². The predicted octanol–water partition coefficient (Wildman–Crippen LogP) is 2.46. The highest BCUT2D eigenvalue weighted by atomic mass is 16.5. The van der Waals surface area contributed by atoms with Gasteiger partial charge in [0.25, 0.3) is 0 Å². The van der Waals surface area contributed by atoms with Crippen LogP contribution in [0.15, 0.2) is 36.5 Å². The lowest BCUT2D eigenvalue weighted by molar-refractivity contribution is 0.0691. The molecule has 2 rings (SSSR count). The van der Waals surface area contributed by atoms with Crippen LogP contribution in [0.3, 0.4) is 0 Å². The van der Waals surface area contributed by atoms with Gasteiger partial charge in [-0.15, -0.1) is 0 Å². The molecule has 1 N–H and O–H groups in total. The number of benzene rings is 1. The van der Waals surface area contributed by atoms with Crippen molar-refractivity contribution in [2.24, 2.45) is 0 Å². The number of carbonyl (C=O) groups is 1. The van der Waals surface area contributed by atoms with E-state index in [4.69, 9.17) is 9.47 Å². The molecule has 2 aromatic rings. The van der Waals surface area contributed by atoms with Crippen molar-refractivity contribution < 1.29 is 19.4 Å². The Balaban J connectivity index is 2.66. The van der Waals surface area contributed by atoms with Crippen LogP contribution in [0, 0.1) is 0 Å². The second kappa shape index (κ2) is 5.39. The van der Waals surface area contributed by atoms with E-state index in [1.165, 1.54) is 13.3 Å². The van der Waals surface area contributed by atoms with Gasteiger partial charge < -0.3 is 14.6 Å². The molecule has 5 heteroatoms. The van der Waals surface area contributed by atoms with Crippen LogP contribution in [-0.2, 0) is 0 Å². The number of rotatable bonds is 4. The molecule has 0 unspecified atom stereocenters. The molecule has 0 atom stereocenters. The second-order valence-corrected chi connectivity index (χ2v) is 3.77. The van der Waals surface area contributed by atoms with Crippen LogP contribution in [0.25, 0.3) is 11.1 Å². The van der Waals surface area contributed by atoms with Gasteiger partial charge in [-0.1, -0.05) is 6.07 Å². The lowest BCUT2D eigenvalue weighted by atomic mass is 10.0. The van der Waals surface area contributed by atoms with Crippen molar-refractivity contribution in [1.29, 1.82) is 0 Å². The van der Waals surface area contributed by atoms with Crippen molar-refractivity contribution in [2.75, 3.05) is 14.2 Å². The number of carboxylic acid groups (broad SMARTS) is 1. The third kappa shape index (κ3) is 2.49. The molecule has 0 saturated heterocycles. The van der Waals surface area contributed by atoms with E-state index in [2.05, 4.69) is 4.98 Å². The number of aromatic carboxylic acids is 1. The maximum Gasteiger partial charge on any atom is 0.355 e. The van der Waals surface area contributed by atoms with E-state index in [0.29, 0.717) is 22.6 Å². The molecule has 0 aliphatic carbocycles. The van der Waals surface area contributed by atoms with E-state index in [9.17, 15) is 9.90 Å². The first-order chi connectivity index (χ1) is 9.17. The molecular weight excluding hydrogens is 246 g/mol. The summed E-state index contributed by atoms with van der Waals surface area (Å²) in [7, 11) is 3.08. The number of hydrogen-bond donors (Lipinski definition) is 1. The summed E-state index contributed by atoms with van der Waals surface area (Å²) in [6.07, 6.45) is 1.44. The molecule has 98 valence electrons. The van der Waals surface area contributed by atoms with Crippen molar-refractivity contribution in [3.63, 3.8) is 0 Å². The van der Waals surface area contributed by atoms with Crippen molar-refractivity contribution in [3.05, 3.63) is 42.2 Å². The maximum atomic E-state index is 11.2. The average Bonchev–Trinajstić information content (AvgIpc) is 2.46. The number of methoxy groups -OCH3 is 2. The number of ether oxygens (including phenoxy) is 2. The van der Waals surface area contributed by atoms with Gasteiger partial charge in [0.2, 0.25) is 0 Å². The van der Waals surface area contributed by atoms with Crippen molar-refractivity contribution in [2.45, 2.75) is 0 Å². The Kier molecular flexibility index (Phi) is 3.66. The molecule has 5 nitrogen and oxygen atoms in total. The lowest BCUT2D eigenvalue weighted by Crippen LogP contribution is -2.03. The third-order valence-corrected chi connectivity index (χ3v) is 2.71. The van der Waals surface area contributed by atoms with Crippen LogP contribution in [0.4, 0.5) is 0 Å². The van der Waals surface area contributed by atoms with Crippen LogP contribution in [0.1, 0.15) is 10.5 Å². The molecule has 0 radical (unpaired) electrons. The van der Waals surface area contributed by atoms with Gasteiger partial charge in [-0.3, -0.25) is 0 Å². The number of nitrogens with zero attached hydrogens (tertiary/aromatic N) is 1. The number of aromatic nitrogens is 1. The summed E-state index contributed by atoms with van der Waals surface area (Å²) in [5.41, 5.74) is 1.10. The molecule has 1 aromatic heterocycles. The molecule has 1 aromatic carbocycles. The molecular formula is C14H13NO4. The molecule has 0 saturated carbocycles. The molecule has 0 aliphatic heterocycles. The summed E-state index contributed by atoms with van der Waals surface area (Å²) in [4.78, 5) is 15.1. The summed E-state index contributed by atoms with van der Waals surface area (Å²) < 4.78 is 10.4. The van der Waals surface area contributed by atoms with Gasteiger partial charge in [0.15, 0.2) is 5.69 Å². The highest BCUT2D eigenvalue weighted by Gasteiger charge is 2.16. The number of pyridine rings is 1. The van der Waals surface area contributed by atoms with Gasteiger partial charge in [0.05, 0.1) is 14.2 Å². The topological polar surface area (TPSA) is 68.7 Å². The molecule has 19 heavy (non-hydrogen) atoms. The third-order valence-electron chi connectivity index (χ3n) is 2.71. The maximum absolute atomic E-state index is 11.2. The predicted molar refractivity (Wildman–Crippen MR) is 69.7 cm³/mol. The fourth-order valence-corrected chi connectivity index (χ4v) is 1.82. The normalized spacial score (nSPS) is 10.0. The van der Waals surface area contributed by atoms with Crippen molar-refractivity contribution in [3.8, 4) is 22.6 Å². The molecule has 0 amide bonds. The fraction of sp³-hybridized carbons (Fsp3) is 0.143. The highest BCUT2D eigenvalue weighted by Crippen LogP contribution is 2.34. The van der Waals surface area contributed by atoms with Gasteiger partial charge in [-0.2, -0.15) is 0 Å². The smallest absolute Gasteiger partial charge is 0.355 e. The van der Waals surface area contributed by atoms with E-state index in [1.807, 2.05) is 0 Å². The Labute approximate surface area is 110 Å². The van der Waals surface area contributed by atoms with Gasteiger partial charge in [0.1, 0.15) is 11.5 Å². The molecule has 0 aliphatic rings.